The first-order valence-corrected chi connectivity index (χ1v) is 9.14. The van der Waals surface area contributed by atoms with Gasteiger partial charge in [-0.15, -0.1) is 0 Å². The molecule has 0 fully saturated rings. The molecule has 2 aromatic rings. The number of amides is 1. The van der Waals surface area contributed by atoms with Crippen molar-refractivity contribution in [3.63, 3.8) is 0 Å². The fourth-order valence-corrected chi connectivity index (χ4v) is 3.13. The Hall–Kier alpha value is -2.61. The first kappa shape index (κ1) is 17.7. The van der Waals surface area contributed by atoms with Crippen molar-refractivity contribution in [3.8, 4) is 0 Å². The molecule has 0 saturated carbocycles. The zero-order valence-electron chi connectivity index (χ0n) is 13.5. The molecule has 0 aliphatic carbocycles. The van der Waals surface area contributed by atoms with E-state index in [1.807, 2.05) is 12.1 Å². The number of pyridine rings is 1. The molecule has 1 heterocycles. The predicted octanol–water partition coefficient (Wildman–Crippen LogP) is 2.94. The summed E-state index contributed by atoms with van der Waals surface area (Å²) in [6.45, 7) is 3.25. The molecule has 1 aromatic heterocycles. The van der Waals surface area contributed by atoms with Crippen LogP contribution in [0.5, 0.6) is 0 Å². The fraction of sp³-hybridized carbons (Fsp3) is 0.250. The van der Waals surface area contributed by atoms with E-state index in [9.17, 15) is 13.2 Å². The summed E-state index contributed by atoms with van der Waals surface area (Å²) in [6, 6.07) is 10.6. The number of hydrogen-bond acceptors (Lipinski definition) is 5. The van der Waals surface area contributed by atoms with Crippen LogP contribution in [0.25, 0.3) is 0 Å². The number of rotatable bonds is 7. The van der Waals surface area contributed by atoms with Gasteiger partial charge in [-0.25, -0.2) is 13.4 Å². The number of aromatic nitrogens is 1. The molecule has 0 bridgehead atoms. The van der Waals surface area contributed by atoms with Crippen LogP contribution in [0, 0.1) is 0 Å². The maximum absolute atomic E-state index is 11.7. The molecule has 0 aliphatic rings. The minimum Gasteiger partial charge on any atom is -0.354 e. The van der Waals surface area contributed by atoms with Crippen LogP contribution in [-0.4, -0.2) is 25.1 Å². The van der Waals surface area contributed by atoms with Crippen molar-refractivity contribution < 1.29 is 13.2 Å². The van der Waals surface area contributed by atoms with Crippen LogP contribution < -0.4 is 15.4 Å². The van der Waals surface area contributed by atoms with Gasteiger partial charge in [0.2, 0.25) is 15.9 Å². The van der Waals surface area contributed by atoms with Gasteiger partial charge in [0.05, 0.1) is 17.6 Å². The van der Waals surface area contributed by atoms with E-state index in [0.29, 0.717) is 17.8 Å². The van der Waals surface area contributed by atoms with Crippen LogP contribution >= 0.6 is 0 Å². The maximum Gasteiger partial charge on any atom is 0.233 e. The zero-order chi connectivity index (χ0) is 17.6. The summed E-state index contributed by atoms with van der Waals surface area (Å²) in [5.41, 5.74) is 2.17. The molecule has 1 amide bonds. The van der Waals surface area contributed by atoms with Crippen molar-refractivity contribution in [1.29, 1.82) is 0 Å². The standard InChI is InChI=1S/C16H20N4O3S/c1-3-9-24(22,23)20-16-8-7-15(11-17-16)19-14-6-4-5-13(10-14)18-12(2)21/h4-8,10-11,19H,3,9H2,1-2H3,(H,17,20)(H,18,21). The average molecular weight is 348 g/mol. The quantitative estimate of drug-likeness (QED) is 0.714. The van der Waals surface area contributed by atoms with Crippen LogP contribution in [0.1, 0.15) is 20.3 Å². The van der Waals surface area contributed by atoms with Crippen molar-refractivity contribution in [2.45, 2.75) is 20.3 Å². The minimum absolute atomic E-state index is 0.0601. The summed E-state index contributed by atoms with van der Waals surface area (Å²) in [7, 11) is -3.35. The number of carbonyl (C=O) groups is 1. The molecule has 0 radical (unpaired) electrons. The van der Waals surface area contributed by atoms with Gasteiger partial charge < -0.3 is 10.6 Å². The van der Waals surface area contributed by atoms with Gasteiger partial charge in [0.1, 0.15) is 5.82 Å². The van der Waals surface area contributed by atoms with Gasteiger partial charge in [-0.3, -0.25) is 9.52 Å². The molecule has 0 atom stereocenters. The van der Waals surface area contributed by atoms with Gasteiger partial charge in [0, 0.05) is 18.3 Å². The third-order valence-electron chi connectivity index (χ3n) is 2.97. The van der Waals surface area contributed by atoms with Crippen LogP contribution in [0.2, 0.25) is 0 Å². The number of nitrogens with zero attached hydrogens (tertiary/aromatic N) is 1. The largest absolute Gasteiger partial charge is 0.354 e. The normalized spacial score (nSPS) is 10.9. The van der Waals surface area contributed by atoms with Gasteiger partial charge in [-0.05, 0) is 36.8 Å². The SMILES string of the molecule is CCCS(=O)(=O)Nc1ccc(Nc2cccc(NC(C)=O)c2)cn1. The molecule has 0 saturated heterocycles. The van der Waals surface area contributed by atoms with Crippen molar-refractivity contribution in [3.05, 3.63) is 42.6 Å². The Balaban J connectivity index is 2.05. The van der Waals surface area contributed by atoms with E-state index in [4.69, 9.17) is 0 Å². The zero-order valence-corrected chi connectivity index (χ0v) is 14.4. The maximum atomic E-state index is 11.7. The van der Waals surface area contributed by atoms with Crippen molar-refractivity contribution in [2.75, 3.05) is 21.1 Å². The Kier molecular flexibility index (Phi) is 5.75. The van der Waals surface area contributed by atoms with E-state index in [-0.39, 0.29) is 17.5 Å². The van der Waals surface area contributed by atoms with Gasteiger partial charge in [0.15, 0.2) is 0 Å². The lowest BCUT2D eigenvalue weighted by molar-refractivity contribution is -0.114. The Morgan fingerprint density at radius 1 is 1.12 bits per heavy atom. The summed E-state index contributed by atoms with van der Waals surface area (Å²) in [5, 5.41) is 5.85. The molecule has 0 spiro atoms. The number of carbonyl (C=O) groups excluding carboxylic acids is 1. The third-order valence-corrected chi connectivity index (χ3v) is 4.43. The molecular weight excluding hydrogens is 328 g/mol. The molecule has 8 heteroatoms. The highest BCUT2D eigenvalue weighted by Crippen LogP contribution is 2.20. The van der Waals surface area contributed by atoms with Gasteiger partial charge in [-0.1, -0.05) is 13.0 Å². The van der Waals surface area contributed by atoms with Crippen LogP contribution in [0.3, 0.4) is 0 Å². The van der Waals surface area contributed by atoms with E-state index in [2.05, 4.69) is 20.3 Å². The number of sulfonamides is 1. The van der Waals surface area contributed by atoms with Crippen LogP contribution in [-0.2, 0) is 14.8 Å². The summed E-state index contributed by atoms with van der Waals surface area (Å²) in [6.07, 6.45) is 2.08. The minimum atomic E-state index is -3.35. The second kappa shape index (κ2) is 7.78. The highest BCUT2D eigenvalue weighted by molar-refractivity contribution is 7.92. The summed E-state index contributed by atoms with van der Waals surface area (Å²) < 4.78 is 25.8. The van der Waals surface area contributed by atoms with Crippen LogP contribution in [0.15, 0.2) is 42.6 Å². The first-order valence-electron chi connectivity index (χ1n) is 7.49. The molecule has 7 nitrogen and oxygen atoms in total. The third kappa shape index (κ3) is 5.54. The van der Waals surface area contributed by atoms with E-state index >= 15 is 0 Å². The average Bonchev–Trinajstić information content (AvgIpc) is 2.48. The molecule has 128 valence electrons. The van der Waals surface area contributed by atoms with Crippen molar-refractivity contribution in [1.82, 2.24) is 4.98 Å². The van der Waals surface area contributed by atoms with E-state index in [0.717, 1.165) is 5.69 Å². The molecule has 1 aromatic carbocycles. The summed E-state index contributed by atoms with van der Waals surface area (Å²) in [4.78, 5) is 15.2. The lowest BCUT2D eigenvalue weighted by Gasteiger charge is -2.10. The van der Waals surface area contributed by atoms with E-state index < -0.39 is 10.0 Å². The van der Waals surface area contributed by atoms with Crippen LogP contribution in [0.4, 0.5) is 22.9 Å². The highest BCUT2D eigenvalue weighted by Gasteiger charge is 2.09. The Morgan fingerprint density at radius 3 is 2.50 bits per heavy atom. The Morgan fingerprint density at radius 2 is 1.88 bits per heavy atom. The Labute approximate surface area is 141 Å². The van der Waals surface area contributed by atoms with Crippen molar-refractivity contribution >= 4 is 38.8 Å². The van der Waals surface area contributed by atoms with E-state index in [1.54, 1.807) is 31.2 Å². The summed E-state index contributed by atoms with van der Waals surface area (Å²) >= 11 is 0. The Bertz CT molecular complexity index is 804. The number of benzene rings is 1. The molecule has 2 rings (SSSR count). The van der Waals surface area contributed by atoms with E-state index in [1.165, 1.54) is 13.1 Å². The van der Waals surface area contributed by atoms with Crippen molar-refractivity contribution in [2.24, 2.45) is 0 Å². The lowest BCUT2D eigenvalue weighted by Crippen LogP contribution is -2.16. The lowest BCUT2D eigenvalue weighted by atomic mass is 10.2. The van der Waals surface area contributed by atoms with Gasteiger partial charge in [-0.2, -0.15) is 0 Å². The second-order valence-electron chi connectivity index (χ2n) is 5.24. The first-order chi connectivity index (χ1) is 11.4. The monoisotopic (exact) mass is 348 g/mol. The highest BCUT2D eigenvalue weighted by atomic mass is 32.2. The summed E-state index contributed by atoms with van der Waals surface area (Å²) in [5.74, 6) is 0.198. The predicted molar refractivity (Wildman–Crippen MR) is 96.0 cm³/mol. The number of hydrogen-bond donors (Lipinski definition) is 3. The number of anilines is 4. The second-order valence-corrected chi connectivity index (χ2v) is 7.08. The molecular formula is C16H20N4O3S. The smallest absolute Gasteiger partial charge is 0.233 e. The molecule has 0 aliphatic heterocycles. The van der Waals surface area contributed by atoms with Gasteiger partial charge in [0.25, 0.3) is 0 Å². The molecule has 0 unspecified atom stereocenters. The van der Waals surface area contributed by atoms with Gasteiger partial charge >= 0.3 is 0 Å². The molecule has 3 N–H and O–H groups in total. The fourth-order valence-electron chi connectivity index (χ4n) is 2.05. The number of nitrogens with one attached hydrogen (secondary N) is 3. The molecule has 24 heavy (non-hydrogen) atoms. The topological polar surface area (TPSA) is 100 Å².